The Morgan fingerprint density at radius 3 is 2.69 bits per heavy atom. The van der Waals surface area contributed by atoms with Crippen molar-refractivity contribution in [2.45, 2.75) is 13.5 Å². The van der Waals surface area contributed by atoms with Gasteiger partial charge in [0.15, 0.2) is 0 Å². The van der Waals surface area contributed by atoms with Crippen LogP contribution in [0.2, 0.25) is 5.02 Å². The molecule has 5 aromatic rings. The molecule has 3 heterocycles. The molecular formula is C24H18BrClFN7O2. The maximum atomic E-state index is 13.8. The van der Waals surface area contributed by atoms with Gasteiger partial charge in [0.25, 0.3) is 0 Å². The summed E-state index contributed by atoms with van der Waals surface area (Å²) < 4.78 is 17.9. The van der Waals surface area contributed by atoms with E-state index in [-0.39, 0.29) is 22.7 Å². The number of aromatic nitrogens is 6. The minimum atomic E-state index is -0.787. The van der Waals surface area contributed by atoms with Crippen molar-refractivity contribution in [3.63, 3.8) is 0 Å². The first-order valence-electron chi connectivity index (χ1n) is 10.7. The van der Waals surface area contributed by atoms with Crippen molar-refractivity contribution in [2.24, 2.45) is 7.05 Å². The number of hydrogen-bond donors (Lipinski definition) is 1. The van der Waals surface area contributed by atoms with Crippen molar-refractivity contribution >= 4 is 50.1 Å². The third-order valence-corrected chi connectivity index (χ3v) is 6.39. The highest BCUT2D eigenvalue weighted by Crippen LogP contribution is 2.29. The standard InChI is InChI=1S/C24H18BrClFN7O2/c1-13-5-16(10-28-9-13)34-23(35)30-22(29-21-7-15-12-32(2)31-20(15)8-18(21)26)33(24(34)36)11-14-3-4-19(27)17(25)6-14/h3-10,12H,11H2,1-2H3,(H,29,30,35). The lowest BCUT2D eigenvalue weighted by molar-refractivity contribution is 0.617. The molecule has 0 aliphatic carbocycles. The van der Waals surface area contributed by atoms with E-state index >= 15 is 0 Å². The molecule has 0 fully saturated rings. The fourth-order valence-electron chi connectivity index (χ4n) is 3.82. The molecule has 0 atom stereocenters. The van der Waals surface area contributed by atoms with Crippen LogP contribution in [0.15, 0.2) is 69.1 Å². The van der Waals surface area contributed by atoms with Crippen LogP contribution in [-0.2, 0) is 13.6 Å². The lowest BCUT2D eigenvalue weighted by Gasteiger charge is -2.16. The van der Waals surface area contributed by atoms with Crippen LogP contribution in [0.4, 0.5) is 16.0 Å². The highest BCUT2D eigenvalue weighted by molar-refractivity contribution is 9.10. The number of anilines is 2. The number of aryl methyl sites for hydroxylation is 2. The third kappa shape index (κ3) is 4.54. The van der Waals surface area contributed by atoms with Crippen LogP contribution in [-0.4, -0.2) is 28.9 Å². The van der Waals surface area contributed by atoms with Crippen molar-refractivity contribution in [2.75, 3.05) is 5.32 Å². The summed E-state index contributed by atoms with van der Waals surface area (Å²) in [5, 5.41) is 8.50. The van der Waals surface area contributed by atoms with E-state index in [1.807, 2.05) is 6.20 Å². The second-order valence-corrected chi connectivity index (χ2v) is 9.47. The fourth-order valence-corrected chi connectivity index (χ4v) is 4.45. The van der Waals surface area contributed by atoms with Gasteiger partial charge in [0.05, 0.1) is 39.1 Å². The average molecular weight is 571 g/mol. The minimum absolute atomic E-state index is 0.000668. The number of benzene rings is 2. The Balaban J connectivity index is 1.68. The van der Waals surface area contributed by atoms with E-state index in [1.165, 1.54) is 16.8 Å². The number of rotatable bonds is 5. The summed E-state index contributed by atoms with van der Waals surface area (Å²) in [6.45, 7) is 1.80. The van der Waals surface area contributed by atoms with Gasteiger partial charge in [-0.2, -0.15) is 10.1 Å². The zero-order valence-electron chi connectivity index (χ0n) is 19.0. The summed E-state index contributed by atoms with van der Waals surface area (Å²) >= 11 is 9.64. The fraction of sp³-hybridized carbons (Fsp3) is 0.125. The van der Waals surface area contributed by atoms with Gasteiger partial charge >= 0.3 is 11.4 Å². The molecule has 0 bridgehead atoms. The molecule has 36 heavy (non-hydrogen) atoms. The van der Waals surface area contributed by atoms with Crippen LogP contribution in [0, 0.1) is 12.7 Å². The van der Waals surface area contributed by atoms with Gasteiger partial charge in [0, 0.05) is 24.8 Å². The Labute approximate surface area is 216 Å². The molecule has 12 heteroatoms. The zero-order chi connectivity index (χ0) is 25.6. The topological polar surface area (TPSA) is 99.6 Å². The molecule has 5 rings (SSSR count). The number of nitrogens with zero attached hydrogens (tertiary/aromatic N) is 6. The molecule has 0 radical (unpaired) electrons. The van der Waals surface area contributed by atoms with E-state index in [1.54, 1.807) is 55.2 Å². The Morgan fingerprint density at radius 1 is 1.14 bits per heavy atom. The van der Waals surface area contributed by atoms with Gasteiger partial charge in [0.2, 0.25) is 5.95 Å². The summed E-state index contributed by atoms with van der Waals surface area (Å²) in [6, 6.07) is 9.50. The molecule has 2 aromatic carbocycles. The van der Waals surface area contributed by atoms with Crippen LogP contribution in [0.3, 0.4) is 0 Å². The maximum absolute atomic E-state index is 13.8. The Hall–Kier alpha value is -3.83. The van der Waals surface area contributed by atoms with Gasteiger partial charge in [0.1, 0.15) is 5.82 Å². The molecule has 0 aliphatic heterocycles. The lowest BCUT2D eigenvalue weighted by Crippen LogP contribution is -2.41. The first-order valence-corrected chi connectivity index (χ1v) is 11.9. The van der Waals surface area contributed by atoms with E-state index in [9.17, 15) is 14.0 Å². The quantitative estimate of drug-likeness (QED) is 0.338. The van der Waals surface area contributed by atoms with Crippen molar-refractivity contribution < 1.29 is 4.39 Å². The molecule has 9 nitrogen and oxygen atoms in total. The SMILES string of the molecule is Cc1cncc(-n2c(=O)nc(Nc3cc4cn(C)nc4cc3Cl)n(Cc3ccc(F)c(Br)c3)c2=O)c1. The molecule has 3 aromatic heterocycles. The molecule has 1 N–H and O–H groups in total. The Bertz CT molecular complexity index is 1760. The van der Waals surface area contributed by atoms with Crippen LogP contribution < -0.4 is 16.7 Å². The zero-order valence-corrected chi connectivity index (χ0v) is 21.4. The second-order valence-electron chi connectivity index (χ2n) is 8.21. The van der Waals surface area contributed by atoms with E-state index < -0.39 is 17.2 Å². The lowest BCUT2D eigenvalue weighted by atomic mass is 10.2. The first kappa shape index (κ1) is 23.9. The molecule has 0 amide bonds. The second kappa shape index (κ2) is 9.32. The van der Waals surface area contributed by atoms with Crippen molar-refractivity contribution in [3.05, 3.63) is 102 Å². The molecule has 182 valence electrons. The summed E-state index contributed by atoms with van der Waals surface area (Å²) in [7, 11) is 1.79. The predicted octanol–water partition coefficient (Wildman–Crippen LogP) is 4.33. The predicted molar refractivity (Wildman–Crippen MR) is 139 cm³/mol. The van der Waals surface area contributed by atoms with Gasteiger partial charge in [-0.3, -0.25) is 14.2 Å². The Morgan fingerprint density at radius 2 is 1.94 bits per heavy atom. The summed E-state index contributed by atoms with van der Waals surface area (Å²) in [4.78, 5) is 34.9. The minimum Gasteiger partial charge on any atom is -0.324 e. The maximum Gasteiger partial charge on any atom is 0.359 e. The largest absolute Gasteiger partial charge is 0.359 e. The van der Waals surface area contributed by atoms with Gasteiger partial charge in [-0.15, -0.1) is 0 Å². The van der Waals surface area contributed by atoms with Crippen LogP contribution in [0.25, 0.3) is 16.6 Å². The average Bonchev–Trinajstić information content (AvgIpc) is 3.17. The van der Waals surface area contributed by atoms with Crippen molar-refractivity contribution in [3.8, 4) is 5.69 Å². The molecule has 0 aliphatic rings. The smallest absolute Gasteiger partial charge is 0.324 e. The Kier molecular flexibility index (Phi) is 6.19. The number of halogens is 3. The van der Waals surface area contributed by atoms with E-state index in [0.717, 1.165) is 15.5 Å². The normalized spacial score (nSPS) is 11.2. The van der Waals surface area contributed by atoms with Gasteiger partial charge < -0.3 is 5.32 Å². The molecular weight excluding hydrogens is 553 g/mol. The number of hydrogen-bond acceptors (Lipinski definition) is 6. The van der Waals surface area contributed by atoms with Crippen LogP contribution in [0.1, 0.15) is 11.1 Å². The monoisotopic (exact) mass is 569 g/mol. The number of pyridine rings is 1. The van der Waals surface area contributed by atoms with Crippen LogP contribution in [0.5, 0.6) is 0 Å². The van der Waals surface area contributed by atoms with E-state index in [4.69, 9.17) is 11.6 Å². The van der Waals surface area contributed by atoms with E-state index in [2.05, 4.69) is 36.3 Å². The van der Waals surface area contributed by atoms with E-state index in [0.29, 0.717) is 21.8 Å². The molecule has 0 saturated heterocycles. The van der Waals surface area contributed by atoms with Gasteiger partial charge in [-0.25, -0.2) is 18.5 Å². The van der Waals surface area contributed by atoms with Crippen LogP contribution >= 0.6 is 27.5 Å². The number of fused-ring (bicyclic) bond motifs is 1. The first-order chi connectivity index (χ1) is 17.2. The van der Waals surface area contributed by atoms with Crippen molar-refractivity contribution in [1.29, 1.82) is 0 Å². The molecule has 0 saturated carbocycles. The summed E-state index contributed by atoms with van der Waals surface area (Å²) in [5.41, 5.74) is 1.36. The van der Waals surface area contributed by atoms with Gasteiger partial charge in [-0.05, 0) is 64.3 Å². The molecule has 0 spiro atoms. The highest BCUT2D eigenvalue weighted by Gasteiger charge is 2.18. The summed E-state index contributed by atoms with van der Waals surface area (Å²) in [6.07, 6.45) is 4.84. The van der Waals surface area contributed by atoms with Crippen molar-refractivity contribution in [1.82, 2.24) is 28.9 Å². The number of nitrogens with one attached hydrogen (secondary N) is 1. The molecule has 0 unspecified atom stereocenters. The van der Waals surface area contributed by atoms with Gasteiger partial charge in [-0.1, -0.05) is 17.7 Å². The highest BCUT2D eigenvalue weighted by atomic mass is 79.9. The summed E-state index contributed by atoms with van der Waals surface area (Å²) in [5.74, 6) is -0.456. The third-order valence-electron chi connectivity index (χ3n) is 5.47.